The van der Waals surface area contributed by atoms with Gasteiger partial charge < -0.3 is 19.9 Å². The molecular weight excluding hydrogens is 366 g/mol. The van der Waals surface area contributed by atoms with Crippen LogP contribution in [0.1, 0.15) is 52.4 Å². The van der Waals surface area contributed by atoms with Crippen LogP contribution >= 0.6 is 0 Å². The molecule has 2 aliphatic rings. The van der Waals surface area contributed by atoms with Crippen molar-refractivity contribution in [2.24, 2.45) is 5.92 Å². The summed E-state index contributed by atoms with van der Waals surface area (Å²) in [4.78, 5) is 29.2. The predicted octanol–water partition coefficient (Wildman–Crippen LogP) is 3.21. The van der Waals surface area contributed by atoms with Crippen LogP contribution in [0.15, 0.2) is 24.3 Å². The summed E-state index contributed by atoms with van der Waals surface area (Å²) in [5, 5.41) is 3.04. The molecule has 2 heterocycles. The zero-order valence-electron chi connectivity index (χ0n) is 17.9. The summed E-state index contributed by atoms with van der Waals surface area (Å²) in [7, 11) is 0. The quantitative estimate of drug-likeness (QED) is 0.646. The number of rotatable bonds is 9. The van der Waals surface area contributed by atoms with Crippen molar-refractivity contribution >= 4 is 17.5 Å². The Hall–Kier alpha value is -2.08. The third kappa shape index (κ3) is 5.95. The molecule has 29 heavy (non-hydrogen) atoms. The minimum atomic E-state index is -0.267. The Morgan fingerprint density at radius 3 is 2.72 bits per heavy atom. The second kappa shape index (κ2) is 10.6. The van der Waals surface area contributed by atoms with E-state index in [4.69, 9.17) is 4.74 Å². The average molecular weight is 402 g/mol. The molecule has 0 saturated carbocycles. The van der Waals surface area contributed by atoms with Crippen molar-refractivity contribution < 1.29 is 14.3 Å². The van der Waals surface area contributed by atoms with Gasteiger partial charge in [-0.2, -0.15) is 0 Å². The van der Waals surface area contributed by atoms with Crippen molar-refractivity contribution in [1.29, 1.82) is 0 Å². The van der Waals surface area contributed by atoms with Crippen LogP contribution in [0.5, 0.6) is 5.75 Å². The van der Waals surface area contributed by atoms with E-state index >= 15 is 0 Å². The molecule has 6 heteroatoms. The maximum Gasteiger partial charge on any atom is 0.227 e. The van der Waals surface area contributed by atoms with Gasteiger partial charge in [-0.15, -0.1) is 0 Å². The summed E-state index contributed by atoms with van der Waals surface area (Å²) in [6.07, 6.45) is 6.33. The predicted molar refractivity (Wildman–Crippen MR) is 115 cm³/mol. The number of benzene rings is 1. The maximum atomic E-state index is 12.5. The highest BCUT2D eigenvalue weighted by molar-refractivity contribution is 6.00. The van der Waals surface area contributed by atoms with Crippen LogP contribution in [0.2, 0.25) is 0 Å². The summed E-state index contributed by atoms with van der Waals surface area (Å²) in [6, 6.07) is 8.18. The Morgan fingerprint density at radius 1 is 1.21 bits per heavy atom. The molecule has 1 aromatic carbocycles. The number of carbonyl (C=O) groups excluding carboxylic acids is 2. The number of nitrogens with one attached hydrogen (secondary N) is 1. The lowest BCUT2D eigenvalue weighted by Gasteiger charge is -2.33. The van der Waals surface area contributed by atoms with Crippen molar-refractivity contribution in [2.75, 3.05) is 37.7 Å². The van der Waals surface area contributed by atoms with Gasteiger partial charge in [0, 0.05) is 31.2 Å². The Morgan fingerprint density at radius 2 is 2.00 bits per heavy atom. The van der Waals surface area contributed by atoms with Gasteiger partial charge in [0.15, 0.2) is 0 Å². The van der Waals surface area contributed by atoms with Crippen LogP contribution < -0.4 is 15.0 Å². The third-order valence-corrected chi connectivity index (χ3v) is 6.07. The highest BCUT2D eigenvalue weighted by atomic mass is 16.5. The molecule has 1 aromatic rings. The second-order valence-electron chi connectivity index (χ2n) is 8.21. The first kappa shape index (κ1) is 21.6. The first-order valence-corrected chi connectivity index (χ1v) is 11.1. The highest BCUT2D eigenvalue weighted by Crippen LogP contribution is 2.27. The summed E-state index contributed by atoms with van der Waals surface area (Å²) < 4.78 is 5.45. The lowest BCUT2D eigenvalue weighted by Crippen LogP contribution is -2.38. The smallest absolute Gasteiger partial charge is 0.227 e. The molecule has 2 aliphatic heterocycles. The third-order valence-electron chi connectivity index (χ3n) is 6.07. The molecule has 0 aliphatic carbocycles. The first-order chi connectivity index (χ1) is 14.1. The van der Waals surface area contributed by atoms with E-state index in [1.54, 1.807) is 4.90 Å². The summed E-state index contributed by atoms with van der Waals surface area (Å²) in [6.45, 7) is 8.33. The first-order valence-electron chi connectivity index (χ1n) is 11.1. The van der Waals surface area contributed by atoms with E-state index in [-0.39, 0.29) is 24.2 Å². The minimum absolute atomic E-state index is 0.00173. The number of nitrogens with zero attached hydrogens (tertiary/aromatic N) is 2. The van der Waals surface area contributed by atoms with Gasteiger partial charge in [-0.25, -0.2) is 0 Å². The van der Waals surface area contributed by atoms with Crippen LogP contribution in [0, 0.1) is 5.92 Å². The topological polar surface area (TPSA) is 61.9 Å². The van der Waals surface area contributed by atoms with Gasteiger partial charge in [0.05, 0.1) is 12.5 Å². The number of likely N-dealkylation sites (tertiary alicyclic amines) is 1. The summed E-state index contributed by atoms with van der Waals surface area (Å²) in [5.41, 5.74) is 0.824. The van der Waals surface area contributed by atoms with Crippen molar-refractivity contribution in [2.45, 2.75) is 58.4 Å². The number of unbranched alkanes of at least 4 members (excludes halogenated alkanes) is 1. The number of ether oxygens (including phenoxy) is 1. The van der Waals surface area contributed by atoms with Crippen molar-refractivity contribution in [1.82, 2.24) is 10.2 Å². The summed E-state index contributed by atoms with van der Waals surface area (Å²) >= 11 is 0. The van der Waals surface area contributed by atoms with Crippen LogP contribution in [-0.4, -0.2) is 55.5 Å². The fraction of sp³-hybridized carbons (Fsp3) is 0.652. The van der Waals surface area contributed by atoms with Crippen molar-refractivity contribution in [3.8, 4) is 5.75 Å². The van der Waals surface area contributed by atoms with Crippen LogP contribution in [0.4, 0.5) is 5.69 Å². The Kier molecular flexibility index (Phi) is 7.92. The number of piperidine rings is 1. The molecule has 2 saturated heterocycles. The van der Waals surface area contributed by atoms with Crippen molar-refractivity contribution in [3.63, 3.8) is 0 Å². The molecule has 0 aromatic heterocycles. The molecular formula is C23H35N3O3. The van der Waals surface area contributed by atoms with Gasteiger partial charge in [-0.05, 0) is 76.9 Å². The van der Waals surface area contributed by atoms with Crippen molar-refractivity contribution in [3.05, 3.63) is 24.3 Å². The van der Waals surface area contributed by atoms with E-state index in [1.165, 1.54) is 25.8 Å². The Labute approximate surface area is 174 Å². The molecule has 0 unspecified atom stereocenters. The minimum Gasteiger partial charge on any atom is -0.494 e. The highest BCUT2D eigenvalue weighted by Gasteiger charge is 2.34. The number of hydrogen-bond acceptors (Lipinski definition) is 4. The van der Waals surface area contributed by atoms with Crippen LogP contribution in [0.25, 0.3) is 0 Å². The van der Waals surface area contributed by atoms with Gasteiger partial charge in [-0.3, -0.25) is 9.59 Å². The second-order valence-corrected chi connectivity index (χ2v) is 8.21. The lowest BCUT2D eigenvalue weighted by molar-refractivity contribution is -0.126. The van der Waals surface area contributed by atoms with Crippen LogP contribution in [0.3, 0.4) is 0 Å². The number of amides is 2. The molecule has 0 radical (unpaired) electrons. The van der Waals surface area contributed by atoms with Gasteiger partial charge in [0.25, 0.3) is 0 Å². The molecule has 2 fully saturated rings. The molecule has 2 amide bonds. The lowest BCUT2D eigenvalue weighted by atomic mass is 10.0. The van der Waals surface area contributed by atoms with Gasteiger partial charge in [0.1, 0.15) is 5.75 Å². The van der Waals surface area contributed by atoms with E-state index < -0.39 is 0 Å². The number of hydrogen-bond donors (Lipinski definition) is 1. The normalized spacial score (nSPS) is 22.7. The largest absolute Gasteiger partial charge is 0.494 e. The van der Waals surface area contributed by atoms with E-state index in [2.05, 4.69) is 17.1 Å². The van der Waals surface area contributed by atoms with Gasteiger partial charge in [0.2, 0.25) is 11.8 Å². The SMILES string of the molecule is CCOc1ccc(N2C[C@@H](C(=O)NCCCCN3CCCC[C@H]3C)CC2=O)cc1. The van der Waals surface area contributed by atoms with Gasteiger partial charge in [-0.1, -0.05) is 6.42 Å². The van der Waals surface area contributed by atoms with E-state index in [1.807, 2.05) is 31.2 Å². The zero-order valence-corrected chi connectivity index (χ0v) is 17.9. The molecule has 6 nitrogen and oxygen atoms in total. The molecule has 1 N–H and O–H groups in total. The average Bonchev–Trinajstić information content (AvgIpc) is 3.11. The monoisotopic (exact) mass is 401 g/mol. The fourth-order valence-electron chi connectivity index (χ4n) is 4.31. The Bertz CT molecular complexity index is 676. The molecule has 2 atom stereocenters. The fourth-order valence-corrected chi connectivity index (χ4v) is 4.31. The summed E-state index contributed by atoms with van der Waals surface area (Å²) in [5.74, 6) is 0.527. The molecule has 0 spiro atoms. The number of carbonyl (C=O) groups is 2. The number of anilines is 1. The van der Waals surface area contributed by atoms with E-state index in [0.29, 0.717) is 25.7 Å². The van der Waals surface area contributed by atoms with E-state index in [0.717, 1.165) is 30.8 Å². The van der Waals surface area contributed by atoms with Crippen LogP contribution in [-0.2, 0) is 9.59 Å². The van der Waals surface area contributed by atoms with E-state index in [9.17, 15) is 9.59 Å². The standard InChI is InChI=1S/C23H35N3O3/c1-3-29-21-11-9-20(10-12-21)26-17-19(16-22(26)27)23(28)24-13-5-7-15-25-14-6-4-8-18(25)2/h9-12,18-19H,3-8,13-17H2,1-2H3,(H,24,28)/t18-,19+/m1/s1. The molecule has 160 valence electrons. The molecule has 0 bridgehead atoms. The molecule has 3 rings (SSSR count). The Balaban J connectivity index is 1.38. The zero-order chi connectivity index (χ0) is 20.6. The maximum absolute atomic E-state index is 12.5. The van der Waals surface area contributed by atoms with Gasteiger partial charge >= 0.3 is 0 Å².